The first-order chi connectivity index (χ1) is 6.88. The highest BCUT2D eigenvalue weighted by Gasteiger charge is 2.09. The Morgan fingerprint density at radius 2 is 1.73 bits per heavy atom. The molecule has 1 aromatic rings. The van der Waals surface area contributed by atoms with E-state index in [2.05, 4.69) is 49.8 Å². The molecule has 0 aliphatic rings. The van der Waals surface area contributed by atoms with Gasteiger partial charge in [0.2, 0.25) is 0 Å². The molecule has 3 heteroatoms. The molecular weight excluding hydrogens is 204 g/mol. The summed E-state index contributed by atoms with van der Waals surface area (Å²) in [6.07, 6.45) is 0. The Labute approximate surface area is 96.8 Å². The zero-order valence-electron chi connectivity index (χ0n) is 9.87. The van der Waals surface area contributed by atoms with E-state index in [1.807, 2.05) is 6.92 Å². The van der Waals surface area contributed by atoms with E-state index in [-0.39, 0.29) is 11.6 Å². The van der Waals surface area contributed by atoms with Gasteiger partial charge in [-0.05, 0) is 57.3 Å². The summed E-state index contributed by atoms with van der Waals surface area (Å²) in [5.41, 5.74) is 7.09. The maximum atomic E-state index is 5.78. The maximum absolute atomic E-state index is 5.78. The topological polar surface area (TPSA) is 38.0 Å². The molecule has 0 fully saturated rings. The number of nitrogens with two attached hydrogens (primary N) is 1. The average molecular weight is 224 g/mol. The van der Waals surface area contributed by atoms with E-state index in [1.165, 1.54) is 10.5 Å². The first-order valence-corrected chi connectivity index (χ1v) is 6.00. The van der Waals surface area contributed by atoms with Gasteiger partial charge in [-0.25, -0.2) is 0 Å². The molecule has 0 saturated heterocycles. The summed E-state index contributed by atoms with van der Waals surface area (Å²) in [7, 11) is 0. The Hall–Kier alpha value is -0.510. The molecule has 3 N–H and O–H groups in total. The first-order valence-electron chi connectivity index (χ1n) is 5.18. The fraction of sp³-hybridized carbons (Fsp3) is 0.500. The lowest BCUT2D eigenvalue weighted by Crippen LogP contribution is -2.29. The minimum absolute atomic E-state index is 0.111. The van der Waals surface area contributed by atoms with Crippen LogP contribution in [0.5, 0.6) is 0 Å². The molecule has 2 nitrogen and oxygen atoms in total. The van der Waals surface area contributed by atoms with Crippen molar-refractivity contribution in [3.63, 3.8) is 0 Å². The molecule has 0 aromatic heterocycles. The third-order valence-corrected chi connectivity index (χ3v) is 3.10. The Kier molecular flexibility index (Phi) is 4.20. The number of benzene rings is 1. The van der Waals surface area contributed by atoms with Crippen molar-refractivity contribution in [2.24, 2.45) is 5.73 Å². The van der Waals surface area contributed by atoms with E-state index in [0.29, 0.717) is 0 Å². The second kappa shape index (κ2) is 5.01. The molecular formula is C12H20N2S. The monoisotopic (exact) mass is 224 g/mol. The SMILES string of the molecule is CC(N)c1ccc(SNC(C)(C)C)cc1. The van der Waals surface area contributed by atoms with Crippen LogP contribution in [0.15, 0.2) is 29.2 Å². The van der Waals surface area contributed by atoms with Gasteiger partial charge in [0.1, 0.15) is 0 Å². The molecule has 84 valence electrons. The Morgan fingerprint density at radius 3 is 2.13 bits per heavy atom. The fourth-order valence-corrected chi connectivity index (χ4v) is 1.75. The van der Waals surface area contributed by atoms with Gasteiger partial charge < -0.3 is 5.73 Å². The number of hydrogen-bond donors (Lipinski definition) is 2. The van der Waals surface area contributed by atoms with Gasteiger partial charge in [-0.15, -0.1) is 0 Å². The highest BCUT2D eigenvalue weighted by molar-refractivity contribution is 7.97. The predicted octanol–water partition coefficient (Wildman–Crippen LogP) is 3.10. The Balaban J connectivity index is 2.57. The molecule has 1 aromatic carbocycles. The number of hydrogen-bond acceptors (Lipinski definition) is 3. The van der Waals surface area contributed by atoms with Gasteiger partial charge in [0, 0.05) is 16.5 Å². The summed E-state index contributed by atoms with van der Waals surface area (Å²) in [6, 6.07) is 8.47. The van der Waals surface area contributed by atoms with Crippen LogP contribution < -0.4 is 10.5 Å². The maximum Gasteiger partial charge on any atom is 0.0266 e. The second-order valence-electron chi connectivity index (χ2n) is 4.81. The molecule has 1 rings (SSSR count). The quantitative estimate of drug-likeness (QED) is 0.775. The van der Waals surface area contributed by atoms with Crippen LogP contribution in [-0.2, 0) is 0 Å². The lowest BCUT2D eigenvalue weighted by Gasteiger charge is -2.19. The van der Waals surface area contributed by atoms with E-state index in [0.717, 1.165) is 0 Å². The van der Waals surface area contributed by atoms with Crippen molar-refractivity contribution in [2.75, 3.05) is 0 Å². The van der Waals surface area contributed by atoms with Crippen molar-refractivity contribution < 1.29 is 0 Å². The largest absolute Gasteiger partial charge is 0.324 e. The van der Waals surface area contributed by atoms with Gasteiger partial charge in [-0.1, -0.05) is 12.1 Å². The van der Waals surface area contributed by atoms with Gasteiger partial charge in [0.25, 0.3) is 0 Å². The second-order valence-corrected chi connectivity index (χ2v) is 5.69. The third kappa shape index (κ3) is 4.69. The fourth-order valence-electron chi connectivity index (χ4n) is 1.05. The van der Waals surface area contributed by atoms with Crippen molar-refractivity contribution in [1.29, 1.82) is 0 Å². The molecule has 1 unspecified atom stereocenters. The van der Waals surface area contributed by atoms with Crippen molar-refractivity contribution in [1.82, 2.24) is 4.72 Å². The first kappa shape index (κ1) is 12.6. The van der Waals surface area contributed by atoms with Crippen molar-refractivity contribution in [3.05, 3.63) is 29.8 Å². The highest BCUT2D eigenvalue weighted by Crippen LogP contribution is 2.20. The summed E-state index contributed by atoms with van der Waals surface area (Å²) >= 11 is 1.66. The van der Waals surface area contributed by atoms with E-state index in [1.54, 1.807) is 11.9 Å². The van der Waals surface area contributed by atoms with Crippen LogP contribution in [0.3, 0.4) is 0 Å². The Morgan fingerprint density at radius 1 is 1.20 bits per heavy atom. The minimum Gasteiger partial charge on any atom is -0.324 e. The van der Waals surface area contributed by atoms with Crippen molar-refractivity contribution in [2.45, 2.75) is 44.2 Å². The summed E-state index contributed by atoms with van der Waals surface area (Å²) in [6.45, 7) is 8.44. The van der Waals surface area contributed by atoms with E-state index in [4.69, 9.17) is 5.73 Å². The molecule has 0 bridgehead atoms. The van der Waals surface area contributed by atoms with Gasteiger partial charge >= 0.3 is 0 Å². The molecule has 0 spiro atoms. The van der Waals surface area contributed by atoms with Gasteiger partial charge in [-0.2, -0.15) is 0 Å². The summed E-state index contributed by atoms with van der Waals surface area (Å²) in [5, 5.41) is 0. The van der Waals surface area contributed by atoms with Crippen LogP contribution in [0, 0.1) is 0 Å². The average Bonchev–Trinajstić information content (AvgIpc) is 2.14. The van der Waals surface area contributed by atoms with Crippen LogP contribution in [0.4, 0.5) is 0 Å². The molecule has 0 aliphatic carbocycles. The zero-order valence-corrected chi connectivity index (χ0v) is 10.7. The normalized spacial score (nSPS) is 13.9. The van der Waals surface area contributed by atoms with E-state index in [9.17, 15) is 0 Å². The van der Waals surface area contributed by atoms with Crippen LogP contribution in [0.2, 0.25) is 0 Å². The van der Waals surface area contributed by atoms with Crippen molar-refractivity contribution in [3.8, 4) is 0 Å². The number of rotatable bonds is 3. The number of nitrogens with one attached hydrogen (secondary N) is 1. The van der Waals surface area contributed by atoms with Gasteiger partial charge in [0.15, 0.2) is 0 Å². The van der Waals surface area contributed by atoms with Crippen LogP contribution in [0.1, 0.15) is 39.3 Å². The summed E-state index contributed by atoms with van der Waals surface area (Å²) < 4.78 is 3.37. The summed E-state index contributed by atoms with van der Waals surface area (Å²) in [5.74, 6) is 0. The van der Waals surface area contributed by atoms with Gasteiger partial charge in [-0.3, -0.25) is 4.72 Å². The van der Waals surface area contributed by atoms with Crippen LogP contribution >= 0.6 is 11.9 Å². The predicted molar refractivity (Wildman–Crippen MR) is 67.8 cm³/mol. The van der Waals surface area contributed by atoms with Crippen molar-refractivity contribution >= 4 is 11.9 Å². The highest BCUT2D eigenvalue weighted by atomic mass is 32.2. The molecule has 0 aliphatic heterocycles. The molecule has 0 saturated carbocycles. The van der Waals surface area contributed by atoms with Gasteiger partial charge in [0.05, 0.1) is 0 Å². The van der Waals surface area contributed by atoms with E-state index >= 15 is 0 Å². The smallest absolute Gasteiger partial charge is 0.0266 e. The third-order valence-electron chi connectivity index (χ3n) is 1.88. The molecule has 1 atom stereocenters. The lowest BCUT2D eigenvalue weighted by atomic mass is 10.1. The standard InChI is InChI=1S/C12H20N2S/c1-9(13)10-5-7-11(8-6-10)15-14-12(2,3)4/h5-9,14H,13H2,1-4H3. The molecule has 0 amide bonds. The van der Waals surface area contributed by atoms with Crippen LogP contribution in [-0.4, -0.2) is 5.54 Å². The van der Waals surface area contributed by atoms with Crippen LogP contribution in [0.25, 0.3) is 0 Å². The molecule has 15 heavy (non-hydrogen) atoms. The Bertz CT molecular complexity index is 298. The van der Waals surface area contributed by atoms with E-state index < -0.39 is 0 Å². The molecule has 0 heterocycles. The minimum atomic E-state index is 0.111. The lowest BCUT2D eigenvalue weighted by molar-refractivity contribution is 0.535. The molecule has 0 radical (unpaired) electrons. The zero-order chi connectivity index (χ0) is 11.5. The summed E-state index contributed by atoms with van der Waals surface area (Å²) in [4.78, 5) is 1.22.